The van der Waals surface area contributed by atoms with Crippen LogP contribution in [0.3, 0.4) is 0 Å². The number of phenols is 1. The number of phenolic OH excluding ortho intramolecular Hbond substituents is 1. The van der Waals surface area contributed by atoms with Crippen LogP contribution in [0.1, 0.15) is 34.8 Å². The number of amides is 1. The van der Waals surface area contributed by atoms with Crippen molar-refractivity contribution in [2.45, 2.75) is 18.9 Å². The van der Waals surface area contributed by atoms with Gasteiger partial charge in [-0.15, -0.1) is 0 Å². The highest BCUT2D eigenvalue weighted by Crippen LogP contribution is 2.32. The number of nitrogens with one attached hydrogen (secondary N) is 1. The topological polar surface area (TPSA) is 58.6 Å². The molecule has 120 valence electrons. The van der Waals surface area contributed by atoms with E-state index < -0.39 is 0 Å². The number of rotatable bonds is 2. The number of aromatic hydroxyl groups is 1. The summed E-state index contributed by atoms with van der Waals surface area (Å²) in [6.07, 6.45) is 1.39. The van der Waals surface area contributed by atoms with Crippen molar-refractivity contribution in [1.82, 2.24) is 5.32 Å². The molecule has 1 heterocycles. The SMILES string of the molecule is O=C(N[C@@H]1CCCOc2ccc(F)cc21)c1ccc(O)c(Cl)c1. The lowest BCUT2D eigenvalue weighted by molar-refractivity contribution is 0.0934. The van der Waals surface area contributed by atoms with Crippen molar-refractivity contribution in [3.8, 4) is 11.5 Å². The Morgan fingerprint density at radius 2 is 2.13 bits per heavy atom. The largest absolute Gasteiger partial charge is 0.506 e. The third-order valence-corrected chi connectivity index (χ3v) is 4.06. The molecule has 2 N–H and O–H groups in total. The Kier molecular flexibility index (Phi) is 4.39. The van der Waals surface area contributed by atoms with Crippen molar-refractivity contribution < 1.29 is 19.0 Å². The average Bonchev–Trinajstić information content (AvgIpc) is 2.72. The van der Waals surface area contributed by atoms with Crippen LogP contribution in [0, 0.1) is 5.82 Å². The maximum atomic E-state index is 13.5. The van der Waals surface area contributed by atoms with Crippen LogP contribution in [0.4, 0.5) is 4.39 Å². The molecule has 0 bridgehead atoms. The fourth-order valence-electron chi connectivity index (χ4n) is 2.59. The van der Waals surface area contributed by atoms with Crippen LogP contribution in [0.15, 0.2) is 36.4 Å². The van der Waals surface area contributed by atoms with Crippen LogP contribution in [-0.2, 0) is 0 Å². The van der Waals surface area contributed by atoms with Gasteiger partial charge in [0.05, 0.1) is 17.7 Å². The van der Waals surface area contributed by atoms with Gasteiger partial charge in [0, 0.05) is 11.1 Å². The molecule has 6 heteroatoms. The third kappa shape index (κ3) is 3.40. The summed E-state index contributed by atoms with van der Waals surface area (Å²) in [7, 11) is 0. The Morgan fingerprint density at radius 3 is 2.91 bits per heavy atom. The quantitative estimate of drug-likeness (QED) is 0.877. The minimum atomic E-state index is -0.374. The molecule has 1 aliphatic heterocycles. The lowest BCUT2D eigenvalue weighted by Gasteiger charge is -2.18. The van der Waals surface area contributed by atoms with Gasteiger partial charge in [-0.3, -0.25) is 4.79 Å². The highest BCUT2D eigenvalue weighted by Gasteiger charge is 2.23. The average molecular weight is 336 g/mol. The zero-order valence-electron chi connectivity index (χ0n) is 12.2. The second kappa shape index (κ2) is 6.46. The lowest BCUT2D eigenvalue weighted by Crippen LogP contribution is -2.28. The van der Waals surface area contributed by atoms with E-state index >= 15 is 0 Å². The van der Waals surface area contributed by atoms with Crippen molar-refractivity contribution in [2.75, 3.05) is 6.61 Å². The summed E-state index contributed by atoms with van der Waals surface area (Å²) in [5.74, 6) is -0.216. The molecule has 0 radical (unpaired) electrons. The highest BCUT2D eigenvalue weighted by atomic mass is 35.5. The van der Waals surface area contributed by atoms with Crippen LogP contribution in [-0.4, -0.2) is 17.6 Å². The first-order valence-corrected chi connectivity index (χ1v) is 7.64. The number of hydrogen-bond donors (Lipinski definition) is 2. The van der Waals surface area contributed by atoms with Gasteiger partial charge in [-0.05, 0) is 49.2 Å². The van der Waals surface area contributed by atoms with E-state index in [-0.39, 0.29) is 28.5 Å². The van der Waals surface area contributed by atoms with Gasteiger partial charge in [-0.2, -0.15) is 0 Å². The summed E-state index contributed by atoms with van der Waals surface area (Å²) in [6.45, 7) is 0.524. The predicted octanol–water partition coefficient (Wildman–Crippen LogP) is 3.83. The van der Waals surface area contributed by atoms with E-state index in [1.165, 1.54) is 30.3 Å². The van der Waals surface area contributed by atoms with Gasteiger partial charge in [0.1, 0.15) is 17.3 Å². The van der Waals surface area contributed by atoms with E-state index in [0.29, 0.717) is 29.9 Å². The Morgan fingerprint density at radius 1 is 1.30 bits per heavy atom. The standard InChI is InChI=1S/C17H15ClFNO3/c18-13-8-10(3-5-15(13)21)17(22)20-14-2-1-7-23-16-6-4-11(19)9-12(14)16/h3-6,8-9,14,21H,1-2,7H2,(H,20,22)/t14-/m1/s1. The molecule has 0 aliphatic carbocycles. The maximum Gasteiger partial charge on any atom is 0.251 e. The predicted molar refractivity (Wildman–Crippen MR) is 84.5 cm³/mol. The molecule has 1 atom stereocenters. The fourth-order valence-corrected chi connectivity index (χ4v) is 2.77. The Labute approximate surface area is 137 Å². The summed E-state index contributed by atoms with van der Waals surface area (Å²) in [4.78, 5) is 12.4. The molecule has 1 aliphatic rings. The molecule has 0 saturated carbocycles. The summed E-state index contributed by atoms with van der Waals surface area (Å²) in [5.41, 5.74) is 0.955. The second-order valence-electron chi connectivity index (χ2n) is 5.37. The zero-order chi connectivity index (χ0) is 16.4. The Bertz CT molecular complexity index is 751. The highest BCUT2D eigenvalue weighted by molar-refractivity contribution is 6.32. The Balaban J connectivity index is 1.86. The summed E-state index contributed by atoms with van der Waals surface area (Å²) in [5, 5.41) is 12.4. The fraction of sp³-hybridized carbons (Fsp3) is 0.235. The minimum absolute atomic E-state index is 0.0847. The van der Waals surface area contributed by atoms with Gasteiger partial charge in [0.25, 0.3) is 5.91 Å². The second-order valence-corrected chi connectivity index (χ2v) is 5.77. The molecule has 0 aromatic heterocycles. The van der Waals surface area contributed by atoms with E-state index in [0.717, 1.165) is 6.42 Å². The molecule has 2 aromatic rings. The van der Waals surface area contributed by atoms with Gasteiger partial charge in [0.2, 0.25) is 0 Å². The van der Waals surface area contributed by atoms with Crippen molar-refractivity contribution >= 4 is 17.5 Å². The van der Waals surface area contributed by atoms with Crippen LogP contribution in [0.5, 0.6) is 11.5 Å². The van der Waals surface area contributed by atoms with E-state index in [4.69, 9.17) is 16.3 Å². The summed E-state index contributed by atoms with van der Waals surface area (Å²) >= 11 is 5.83. The summed E-state index contributed by atoms with van der Waals surface area (Å²) in [6, 6.07) is 8.19. The first-order chi connectivity index (χ1) is 11.0. The molecule has 0 fully saturated rings. The molecule has 2 aromatic carbocycles. The molecule has 3 rings (SSSR count). The van der Waals surface area contributed by atoms with Crippen molar-refractivity contribution in [3.63, 3.8) is 0 Å². The van der Waals surface area contributed by atoms with E-state index in [1.807, 2.05) is 0 Å². The molecule has 0 unspecified atom stereocenters. The van der Waals surface area contributed by atoms with E-state index in [9.17, 15) is 14.3 Å². The van der Waals surface area contributed by atoms with E-state index in [2.05, 4.69) is 5.32 Å². The van der Waals surface area contributed by atoms with Gasteiger partial charge >= 0.3 is 0 Å². The number of carbonyl (C=O) groups is 1. The van der Waals surface area contributed by atoms with Gasteiger partial charge in [-0.1, -0.05) is 11.6 Å². The Hall–Kier alpha value is -2.27. The molecular weight excluding hydrogens is 321 g/mol. The third-order valence-electron chi connectivity index (χ3n) is 3.76. The van der Waals surface area contributed by atoms with Crippen LogP contribution < -0.4 is 10.1 Å². The number of ether oxygens (including phenoxy) is 1. The lowest BCUT2D eigenvalue weighted by atomic mass is 10.0. The van der Waals surface area contributed by atoms with Gasteiger partial charge in [-0.25, -0.2) is 4.39 Å². The number of hydrogen-bond acceptors (Lipinski definition) is 3. The molecule has 0 spiro atoms. The van der Waals surface area contributed by atoms with Crippen molar-refractivity contribution in [2.24, 2.45) is 0 Å². The summed E-state index contributed by atoms with van der Waals surface area (Å²) < 4.78 is 19.1. The molecule has 4 nitrogen and oxygen atoms in total. The number of carbonyl (C=O) groups excluding carboxylic acids is 1. The van der Waals surface area contributed by atoms with E-state index in [1.54, 1.807) is 6.07 Å². The van der Waals surface area contributed by atoms with Gasteiger partial charge in [0.15, 0.2) is 0 Å². The first-order valence-electron chi connectivity index (χ1n) is 7.26. The van der Waals surface area contributed by atoms with Crippen molar-refractivity contribution in [3.05, 3.63) is 58.4 Å². The number of fused-ring (bicyclic) bond motifs is 1. The van der Waals surface area contributed by atoms with Crippen LogP contribution >= 0.6 is 11.6 Å². The number of benzene rings is 2. The molecular formula is C17H15ClFNO3. The van der Waals surface area contributed by atoms with Gasteiger partial charge < -0.3 is 15.2 Å². The molecule has 1 amide bonds. The maximum absolute atomic E-state index is 13.5. The van der Waals surface area contributed by atoms with Crippen molar-refractivity contribution in [1.29, 1.82) is 0 Å². The molecule has 23 heavy (non-hydrogen) atoms. The minimum Gasteiger partial charge on any atom is -0.506 e. The first kappa shape index (κ1) is 15.6. The number of halogens is 2. The smallest absolute Gasteiger partial charge is 0.251 e. The molecule has 0 saturated heterocycles. The van der Waals surface area contributed by atoms with Crippen LogP contribution in [0.2, 0.25) is 5.02 Å². The van der Waals surface area contributed by atoms with Crippen LogP contribution in [0.25, 0.3) is 0 Å². The zero-order valence-corrected chi connectivity index (χ0v) is 12.9. The normalized spacial score (nSPS) is 16.9. The monoisotopic (exact) mass is 335 g/mol.